The van der Waals surface area contributed by atoms with Crippen molar-refractivity contribution in [3.63, 3.8) is 0 Å². The van der Waals surface area contributed by atoms with Gasteiger partial charge < -0.3 is 20.8 Å². The van der Waals surface area contributed by atoms with Gasteiger partial charge in [0, 0.05) is 0 Å². The van der Waals surface area contributed by atoms with Crippen LogP contribution in [0.25, 0.3) is 0 Å². The third kappa shape index (κ3) is 56.4. The summed E-state index contributed by atoms with van der Waals surface area (Å²) in [7, 11) is -3.13. The molecule has 0 aliphatic rings. The van der Waals surface area contributed by atoms with Crippen LogP contribution in [0.1, 0.15) is 5.71 Å². The second kappa shape index (κ2) is 22.4. The first-order valence-electron chi connectivity index (χ1n) is 0.651. The summed E-state index contributed by atoms with van der Waals surface area (Å²) < 4.78 is 8.74. The minimum Gasteiger partial charge on any atom is -1.00 e. The van der Waals surface area contributed by atoms with Crippen molar-refractivity contribution in [2.75, 3.05) is 0 Å². The molecule has 0 atom stereocenters. The first kappa shape index (κ1) is 30.0. The number of hydrogen-bond donors (Lipinski definition) is 2. The molecule has 0 aromatic heterocycles. The van der Waals surface area contributed by atoms with Crippen molar-refractivity contribution >= 4 is 46.9 Å². The predicted molar refractivity (Wildman–Crippen MR) is 24.7 cm³/mol. The molecule has 0 rings (SSSR count). The van der Waals surface area contributed by atoms with E-state index in [1.54, 1.807) is 0 Å². The maximum Gasteiger partial charge on any atom is 2.00 e. The summed E-state index contributed by atoms with van der Waals surface area (Å²) in [6.07, 6.45) is 0. The molecule has 0 unspecified atom stereocenters. The quantitative estimate of drug-likeness (QED) is 0.382. The van der Waals surface area contributed by atoms with Gasteiger partial charge in [0.1, 0.15) is 0 Å². The average molecular weight is 202 g/mol. The van der Waals surface area contributed by atoms with Gasteiger partial charge in [0.25, 0.3) is 0 Å². The molecule has 0 heterocycles. The Morgan fingerprint density at radius 1 is 1.38 bits per heavy atom. The molecule has 0 amide bonds. The van der Waals surface area contributed by atoms with Crippen LogP contribution in [0.4, 0.5) is 0 Å². The van der Waals surface area contributed by atoms with Crippen LogP contribution in [0.15, 0.2) is 0 Å². The van der Waals surface area contributed by atoms with Gasteiger partial charge >= 0.3 is 128 Å². The SMILES string of the molecule is O.O=[Si](O)O.[Ca+2].[H-].[H-].[H-].[H-].[K+].[Na+]. The first-order valence-corrected chi connectivity index (χ1v) is 1.95. The molecule has 0 fully saturated rings. The van der Waals surface area contributed by atoms with Gasteiger partial charge in [-0.1, -0.05) is 0 Å². The Kier molecular flexibility index (Phi) is 84.2. The maximum atomic E-state index is 8.74. The van der Waals surface area contributed by atoms with E-state index in [4.69, 9.17) is 14.1 Å². The van der Waals surface area contributed by atoms with Crippen molar-refractivity contribution in [3.8, 4) is 0 Å². The molecule has 0 radical (unpaired) electrons. The van der Waals surface area contributed by atoms with E-state index < -0.39 is 9.17 Å². The van der Waals surface area contributed by atoms with Gasteiger partial charge in [-0.05, 0) is 0 Å². The molecular weight excluding hydrogens is 194 g/mol. The van der Waals surface area contributed by atoms with Crippen LogP contribution < -0.4 is 80.9 Å². The maximum absolute atomic E-state index is 8.74. The van der Waals surface area contributed by atoms with E-state index in [-0.39, 0.29) is 130 Å². The van der Waals surface area contributed by atoms with Gasteiger partial charge in [-0.25, -0.2) is 0 Å². The molecule has 40 valence electrons. The van der Waals surface area contributed by atoms with Gasteiger partial charge in [0.15, 0.2) is 0 Å². The van der Waals surface area contributed by atoms with Crippen LogP contribution in [0.5, 0.6) is 0 Å². The second-order valence-electron chi connectivity index (χ2n) is 0.283. The van der Waals surface area contributed by atoms with Gasteiger partial charge in [0.05, 0.1) is 0 Å². The fourth-order valence-corrected chi connectivity index (χ4v) is 0. The fraction of sp³-hybridized carbons (Fsp3) is 0. The topological polar surface area (TPSA) is 89.0 Å². The average Bonchev–Trinajstić information content (AvgIpc) is 0.811. The van der Waals surface area contributed by atoms with E-state index in [1.165, 1.54) is 0 Å². The summed E-state index contributed by atoms with van der Waals surface area (Å²) in [5.74, 6) is 0. The van der Waals surface area contributed by atoms with Crippen molar-refractivity contribution in [2.24, 2.45) is 0 Å². The Labute approximate surface area is 149 Å². The molecular formula is H8CaKNaO4Si. The number of hydrogen-bond acceptors (Lipinski definition) is 1. The van der Waals surface area contributed by atoms with Crippen LogP contribution in [-0.4, -0.2) is 62.0 Å². The normalized spacial score (nSPS) is 3.00. The minimum atomic E-state index is -3.13. The Morgan fingerprint density at radius 2 is 1.38 bits per heavy atom. The largest absolute Gasteiger partial charge is 2.00 e. The van der Waals surface area contributed by atoms with Crippen LogP contribution in [0.3, 0.4) is 0 Å². The summed E-state index contributed by atoms with van der Waals surface area (Å²) in [5.41, 5.74) is 0. The third-order valence-electron chi connectivity index (χ3n) is 0. The molecule has 0 spiro atoms. The number of rotatable bonds is 0. The molecule has 0 aliphatic carbocycles. The zero-order valence-electron chi connectivity index (χ0n) is 9.01. The molecule has 0 bridgehead atoms. The van der Waals surface area contributed by atoms with Crippen molar-refractivity contribution in [3.05, 3.63) is 0 Å². The minimum absolute atomic E-state index is 0. The Hall–Kier alpha value is 3.47. The van der Waals surface area contributed by atoms with Gasteiger partial charge in [-0.15, -0.1) is 0 Å². The van der Waals surface area contributed by atoms with E-state index in [0.29, 0.717) is 0 Å². The summed E-state index contributed by atoms with van der Waals surface area (Å²) in [4.78, 5) is 14.3. The van der Waals surface area contributed by atoms with Crippen LogP contribution in [-0.2, 0) is 4.46 Å². The molecule has 8 heavy (non-hydrogen) atoms. The predicted octanol–water partition coefficient (Wildman–Crippen LogP) is -8.36. The zero-order chi connectivity index (χ0) is 3.58. The van der Waals surface area contributed by atoms with Crippen molar-refractivity contribution in [1.29, 1.82) is 0 Å². The molecule has 0 aromatic carbocycles. The van der Waals surface area contributed by atoms with E-state index in [2.05, 4.69) is 0 Å². The Balaban J connectivity index is -0.00000000161. The van der Waals surface area contributed by atoms with E-state index in [0.717, 1.165) is 0 Å². The van der Waals surface area contributed by atoms with Gasteiger partial charge in [-0.3, -0.25) is 4.46 Å². The Morgan fingerprint density at radius 3 is 1.38 bits per heavy atom. The van der Waals surface area contributed by atoms with Crippen molar-refractivity contribution in [2.45, 2.75) is 0 Å². The fourth-order valence-electron chi connectivity index (χ4n) is 0. The smallest absolute Gasteiger partial charge is 1.00 e. The second-order valence-corrected chi connectivity index (χ2v) is 0.848. The van der Waals surface area contributed by atoms with Crippen molar-refractivity contribution < 1.29 is 106 Å². The molecule has 0 aliphatic heterocycles. The molecule has 0 aromatic rings. The summed E-state index contributed by atoms with van der Waals surface area (Å²) >= 11 is 0. The van der Waals surface area contributed by atoms with E-state index >= 15 is 0 Å². The van der Waals surface area contributed by atoms with Crippen molar-refractivity contribution in [1.82, 2.24) is 0 Å². The van der Waals surface area contributed by atoms with Crippen LogP contribution in [0, 0.1) is 0 Å². The van der Waals surface area contributed by atoms with Gasteiger partial charge in [-0.2, -0.15) is 0 Å². The summed E-state index contributed by atoms with van der Waals surface area (Å²) in [5, 5.41) is 0. The molecule has 8 heteroatoms. The van der Waals surface area contributed by atoms with E-state index in [9.17, 15) is 0 Å². The summed E-state index contributed by atoms with van der Waals surface area (Å²) in [6.45, 7) is 0. The monoisotopic (exact) mass is 202 g/mol. The molecule has 0 saturated heterocycles. The zero-order valence-corrected chi connectivity index (χ0v) is 13.3. The van der Waals surface area contributed by atoms with E-state index in [1.807, 2.05) is 0 Å². The molecule has 0 saturated carbocycles. The summed E-state index contributed by atoms with van der Waals surface area (Å²) in [6, 6.07) is 0. The first-order chi connectivity index (χ1) is 1.73. The Bertz CT molecular complexity index is 50.0. The third-order valence-corrected chi connectivity index (χ3v) is 0. The van der Waals surface area contributed by atoms with Crippen LogP contribution >= 0.6 is 0 Å². The standard InChI is InChI=1S/Ca.K.Na.H2O3Si.H2O.4H/c;;;1-4(2)3;;;;;/h;;;1-2H;1H2;;;;/q+2;2*+1;;;4*-1. The molecule has 4 N–H and O–H groups in total. The van der Waals surface area contributed by atoms with Gasteiger partial charge in [0.2, 0.25) is 0 Å². The molecule has 4 nitrogen and oxygen atoms in total. The van der Waals surface area contributed by atoms with Crippen LogP contribution in [0.2, 0.25) is 0 Å².